The van der Waals surface area contributed by atoms with Crippen LogP contribution < -0.4 is 10.9 Å². The van der Waals surface area contributed by atoms with E-state index in [1.165, 1.54) is 6.92 Å². The fourth-order valence-corrected chi connectivity index (χ4v) is 5.94. The van der Waals surface area contributed by atoms with Gasteiger partial charge in [-0.05, 0) is 84.3 Å². The van der Waals surface area contributed by atoms with Crippen molar-refractivity contribution in [3.63, 3.8) is 0 Å². The minimum atomic E-state index is -5.39. The summed E-state index contributed by atoms with van der Waals surface area (Å²) in [7, 11) is 0. The third-order valence-corrected chi connectivity index (χ3v) is 8.30. The number of rotatable bonds is 15. The van der Waals surface area contributed by atoms with Gasteiger partial charge in [-0.2, -0.15) is 26.3 Å². The van der Waals surface area contributed by atoms with Crippen molar-refractivity contribution in [3.05, 3.63) is 116 Å². The van der Waals surface area contributed by atoms with E-state index in [1.807, 2.05) is 0 Å². The van der Waals surface area contributed by atoms with Gasteiger partial charge in [0.1, 0.15) is 23.5 Å². The number of aromatic nitrogens is 1. The second kappa shape index (κ2) is 17.2. The monoisotopic (exact) mass is 794 g/mol. The van der Waals surface area contributed by atoms with Crippen LogP contribution in [0.5, 0.6) is 0 Å². The number of halogens is 10. The third-order valence-electron chi connectivity index (χ3n) is 7.67. The van der Waals surface area contributed by atoms with Crippen molar-refractivity contribution in [2.75, 3.05) is 6.61 Å². The van der Waals surface area contributed by atoms with Gasteiger partial charge in [-0.15, -0.1) is 13.2 Å². The fourth-order valence-electron chi connectivity index (χ4n) is 5.38. The Balaban J connectivity index is 2.26. The SMILES string of the molecule is C=CCCCCc1cc(F)cc(F)c1-c1cc([C@H](CC(=O)OCC)NC(=O)[C@H](CC=C)n2cc(Br)c(C(F)(F)F)cc2=O)c(F)c(C(F)(F)F)c1. The smallest absolute Gasteiger partial charge is 0.419 e. The van der Waals surface area contributed by atoms with Crippen LogP contribution in [0.4, 0.5) is 39.5 Å². The van der Waals surface area contributed by atoms with E-state index in [9.17, 15) is 45.1 Å². The average molecular weight is 796 g/mol. The van der Waals surface area contributed by atoms with Crippen molar-refractivity contribution in [2.45, 2.75) is 69.9 Å². The van der Waals surface area contributed by atoms with Crippen molar-refractivity contribution >= 4 is 27.8 Å². The summed E-state index contributed by atoms with van der Waals surface area (Å²) in [6, 6.07) is -0.959. The molecule has 0 fully saturated rings. The number of aryl methyl sites for hydroxylation is 1. The third kappa shape index (κ3) is 10.4. The average Bonchev–Trinajstić information content (AvgIpc) is 3.01. The van der Waals surface area contributed by atoms with Gasteiger partial charge in [-0.3, -0.25) is 14.4 Å². The number of benzene rings is 2. The summed E-state index contributed by atoms with van der Waals surface area (Å²) in [5.41, 5.74) is -6.56. The molecule has 0 saturated heterocycles. The van der Waals surface area contributed by atoms with Crippen LogP contribution in [0.3, 0.4) is 0 Å². The van der Waals surface area contributed by atoms with E-state index >= 15 is 8.78 Å². The molecule has 2 atom stereocenters. The van der Waals surface area contributed by atoms with Crippen molar-refractivity contribution < 1.29 is 53.8 Å². The van der Waals surface area contributed by atoms with Crippen LogP contribution in [0.25, 0.3) is 11.1 Å². The predicted molar refractivity (Wildman–Crippen MR) is 174 cm³/mol. The zero-order chi connectivity index (χ0) is 38.3. The normalized spacial score (nSPS) is 13.0. The molecule has 0 aliphatic carbocycles. The van der Waals surface area contributed by atoms with Crippen LogP contribution in [-0.2, 0) is 33.1 Å². The maximum Gasteiger partial charge on any atom is 0.419 e. The molecule has 0 aliphatic heterocycles. The number of nitrogens with one attached hydrogen (secondary N) is 1. The van der Waals surface area contributed by atoms with Gasteiger partial charge in [-0.1, -0.05) is 12.2 Å². The molecule has 0 unspecified atom stereocenters. The van der Waals surface area contributed by atoms with Gasteiger partial charge in [0.05, 0.1) is 30.2 Å². The topological polar surface area (TPSA) is 77.4 Å². The summed E-state index contributed by atoms with van der Waals surface area (Å²) in [4.78, 5) is 39.2. The molecular formula is C35H32BrF9N2O4. The molecule has 51 heavy (non-hydrogen) atoms. The van der Waals surface area contributed by atoms with Crippen LogP contribution in [0.15, 0.2) is 71.1 Å². The Hall–Kier alpha value is -4.34. The van der Waals surface area contributed by atoms with Crippen molar-refractivity contribution in [3.8, 4) is 11.1 Å². The van der Waals surface area contributed by atoms with Crippen molar-refractivity contribution in [1.29, 1.82) is 0 Å². The number of hydrogen-bond donors (Lipinski definition) is 1. The summed E-state index contributed by atoms with van der Waals surface area (Å²) in [5.74, 6) is -6.55. The van der Waals surface area contributed by atoms with Crippen molar-refractivity contribution in [2.24, 2.45) is 0 Å². The first kappa shape index (κ1) is 41.1. The van der Waals surface area contributed by atoms with E-state index in [2.05, 4.69) is 34.4 Å². The lowest BCUT2D eigenvalue weighted by Crippen LogP contribution is -2.40. The zero-order valence-electron chi connectivity index (χ0n) is 27.0. The van der Waals surface area contributed by atoms with Gasteiger partial charge in [0.2, 0.25) is 5.91 Å². The van der Waals surface area contributed by atoms with E-state index in [0.29, 0.717) is 42.2 Å². The molecule has 16 heteroatoms. The quantitative estimate of drug-likeness (QED) is 0.0720. The van der Waals surface area contributed by atoms with Crippen LogP contribution in [-0.4, -0.2) is 23.1 Å². The number of hydrogen-bond acceptors (Lipinski definition) is 4. The molecule has 1 heterocycles. The van der Waals surface area contributed by atoms with Gasteiger partial charge in [0.25, 0.3) is 5.56 Å². The number of esters is 1. The molecule has 0 saturated carbocycles. The summed E-state index contributed by atoms with van der Waals surface area (Å²) >= 11 is 2.72. The number of pyridine rings is 1. The molecule has 3 rings (SSSR count). The maximum absolute atomic E-state index is 15.9. The van der Waals surface area contributed by atoms with E-state index in [0.717, 1.165) is 18.2 Å². The van der Waals surface area contributed by atoms with Gasteiger partial charge < -0.3 is 14.6 Å². The highest BCUT2D eigenvalue weighted by Crippen LogP contribution is 2.41. The standard InChI is InChI=1S/C35H32BrF9N2O4/c1-4-7-8-9-11-19-12-21(37)15-26(38)31(19)20-13-22(32(39)24(14-20)35(43,44)45)27(17-30(49)51-6-3)46-33(50)28(10-5-2)47-18-25(36)23(16-29(47)48)34(40,41)42/h4-5,12-16,18,27-28H,1-2,6-11,17H2,3H3,(H,46,50)/t27-,28-/m0/s1. The summed E-state index contributed by atoms with van der Waals surface area (Å²) in [6.45, 7) is 8.23. The Bertz CT molecular complexity index is 1840. The highest BCUT2D eigenvalue weighted by Gasteiger charge is 2.39. The van der Waals surface area contributed by atoms with Crippen LogP contribution in [0, 0.1) is 17.5 Å². The molecule has 2 aromatic carbocycles. The molecule has 0 bridgehead atoms. The first-order valence-corrected chi connectivity index (χ1v) is 16.2. The Morgan fingerprint density at radius 3 is 2.22 bits per heavy atom. The second-order valence-corrected chi connectivity index (χ2v) is 12.1. The largest absolute Gasteiger partial charge is 0.466 e. The van der Waals surface area contributed by atoms with Gasteiger partial charge >= 0.3 is 18.3 Å². The zero-order valence-corrected chi connectivity index (χ0v) is 28.6. The molecule has 1 amide bonds. The highest BCUT2D eigenvalue weighted by molar-refractivity contribution is 9.10. The molecule has 0 spiro atoms. The second-order valence-electron chi connectivity index (χ2n) is 11.3. The lowest BCUT2D eigenvalue weighted by molar-refractivity contribution is -0.144. The Kier molecular flexibility index (Phi) is 13.9. The molecular weight excluding hydrogens is 763 g/mol. The molecule has 1 N–H and O–H groups in total. The van der Waals surface area contributed by atoms with E-state index in [-0.39, 0.29) is 24.7 Å². The van der Waals surface area contributed by atoms with Crippen LogP contribution >= 0.6 is 15.9 Å². The molecule has 1 aromatic heterocycles. The number of ether oxygens (including phenoxy) is 1. The summed E-state index contributed by atoms with van der Waals surface area (Å²) in [5, 5.41) is 2.23. The van der Waals surface area contributed by atoms with Crippen molar-refractivity contribution in [1.82, 2.24) is 9.88 Å². The minimum absolute atomic E-state index is 0.00950. The Labute approximate surface area is 295 Å². The molecule has 6 nitrogen and oxygen atoms in total. The van der Waals surface area contributed by atoms with E-state index in [4.69, 9.17) is 4.74 Å². The minimum Gasteiger partial charge on any atom is -0.466 e. The fraction of sp³-hybridized carbons (Fsp3) is 0.343. The predicted octanol–water partition coefficient (Wildman–Crippen LogP) is 9.56. The maximum atomic E-state index is 15.9. The van der Waals surface area contributed by atoms with Gasteiger partial charge in [0.15, 0.2) is 0 Å². The number of nitrogens with zero attached hydrogens (tertiary/aromatic N) is 1. The first-order valence-electron chi connectivity index (χ1n) is 15.4. The first-order chi connectivity index (χ1) is 23.8. The number of amides is 1. The molecule has 0 radical (unpaired) electrons. The van der Waals surface area contributed by atoms with Crippen LogP contribution in [0.1, 0.15) is 73.4 Å². The lowest BCUT2D eigenvalue weighted by Gasteiger charge is -2.26. The van der Waals surface area contributed by atoms with E-state index in [1.54, 1.807) is 6.08 Å². The Morgan fingerprint density at radius 2 is 1.63 bits per heavy atom. The van der Waals surface area contributed by atoms with Gasteiger partial charge in [-0.25, -0.2) is 13.2 Å². The summed E-state index contributed by atoms with van der Waals surface area (Å²) in [6.07, 6.45) is -6.87. The van der Waals surface area contributed by atoms with E-state index < -0.39 is 104 Å². The summed E-state index contributed by atoms with van der Waals surface area (Å²) < 4.78 is 134. The van der Waals surface area contributed by atoms with Crippen LogP contribution in [0.2, 0.25) is 0 Å². The lowest BCUT2D eigenvalue weighted by atomic mass is 9.90. The number of alkyl halides is 6. The molecule has 0 aliphatic rings. The number of allylic oxidation sites excluding steroid dienone is 2. The number of carbonyl (C=O) groups excluding carboxylic acids is 2. The van der Waals surface area contributed by atoms with Gasteiger partial charge in [0, 0.05) is 33.9 Å². The number of carbonyl (C=O) groups is 2. The molecule has 3 aromatic rings. The highest BCUT2D eigenvalue weighted by atomic mass is 79.9. The molecule has 276 valence electrons. The number of unbranched alkanes of at least 4 members (excludes halogenated alkanes) is 2. The Morgan fingerprint density at radius 1 is 0.961 bits per heavy atom.